The quantitative estimate of drug-likeness (QED) is 0.921. The van der Waals surface area contributed by atoms with E-state index in [2.05, 4.69) is 10.3 Å². The monoisotopic (exact) mass is 354 g/mol. The van der Waals surface area contributed by atoms with E-state index in [-0.39, 0.29) is 17.9 Å². The molecule has 6 nitrogen and oxygen atoms in total. The van der Waals surface area contributed by atoms with Crippen molar-refractivity contribution in [3.05, 3.63) is 35.9 Å². The Kier molecular flexibility index (Phi) is 4.91. The predicted octanol–water partition coefficient (Wildman–Crippen LogP) is 3.02. The van der Waals surface area contributed by atoms with Crippen molar-refractivity contribution < 1.29 is 9.59 Å². The fourth-order valence-corrected chi connectivity index (χ4v) is 4.09. The number of likely N-dealkylation sites (tertiary alicyclic amines) is 1. The number of fused-ring (bicyclic) bond motifs is 1. The highest BCUT2D eigenvalue weighted by Crippen LogP contribution is 2.20. The molecule has 1 saturated heterocycles. The molecular formula is C20H26N4O2. The zero-order valence-corrected chi connectivity index (χ0v) is 15.1. The van der Waals surface area contributed by atoms with Crippen molar-refractivity contribution in [1.82, 2.24) is 19.6 Å². The number of piperidine rings is 1. The smallest absolute Gasteiger partial charge is 0.290 e. The van der Waals surface area contributed by atoms with E-state index >= 15 is 0 Å². The third kappa shape index (κ3) is 3.32. The molecule has 4 rings (SSSR count). The first kappa shape index (κ1) is 17.1. The van der Waals surface area contributed by atoms with Crippen LogP contribution in [-0.4, -0.2) is 45.2 Å². The summed E-state index contributed by atoms with van der Waals surface area (Å²) < 4.78 is 1.76. The molecule has 0 atom stereocenters. The number of aromatic nitrogens is 2. The average molecular weight is 354 g/mol. The summed E-state index contributed by atoms with van der Waals surface area (Å²) in [6.07, 6.45) is 10.7. The lowest BCUT2D eigenvalue weighted by Gasteiger charge is -2.25. The van der Waals surface area contributed by atoms with E-state index < -0.39 is 0 Å². The van der Waals surface area contributed by atoms with Gasteiger partial charge in [-0.1, -0.05) is 25.3 Å². The molecule has 2 fully saturated rings. The van der Waals surface area contributed by atoms with Crippen LogP contribution >= 0.6 is 0 Å². The number of amides is 2. The molecule has 0 unspecified atom stereocenters. The Hall–Kier alpha value is -2.37. The van der Waals surface area contributed by atoms with Crippen molar-refractivity contribution in [2.24, 2.45) is 0 Å². The Morgan fingerprint density at radius 1 is 1.00 bits per heavy atom. The number of nitrogens with one attached hydrogen (secondary N) is 1. The molecule has 2 aromatic heterocycles. The van der Waals surface area contributed by atoms with Crippen LogP contribution in [0.4, 0.5) is 0 Å². The topological polar surface area (TPSA) is 66.7 Å². The highest BCUT2D eigenvalue weighted by molar-refractivity contribution is 6.02. The summed E-state index contributed by atoms with van der Waals surface area (Å²) in [6.45, 7) is 1.54. The number of carbonyl (C=O) groups excluding carboxylic acids is 2. The summed E-state index contributed by atoms with van der Waals surface area (Å²) in [4.78, 5) is 32.1. The van der Waals surface area contributed by atoms with Crippen molar-refractivity contribution in [3.8, 4) is 0 Å². The number of rotatable bonds is 3. The lowest BCUT2D eigenvalue weighted by Crippen LogP contribution is -2.37. The van der Waals surface area contributed by atoms with E-state index in [1.807, 2.05) is 29.3 Å². The largest absolute Gasteiger partial charge is 0.348 e. The third-order valence-electron chi connectivity index (χ3n) is 5.54. The van der Waals surface area contributed by atoms with E-state index in [1.54, 1.807) is 4.40 Å². The minimum Gasteiger partial charge on any atom is -0.348 e. The highest BCUT2D eigenvalue weighted by Gasteiger charge is 2.27. The standard InChI is InChI=1S/C20H26N4O2/c25-19(21-15-9-3-1-4-10-15)17-16-11-5-8-14-24(16)18(22-17)20(26)23-12-6-2-7-13-23/h5,8,11,14-15H,1-4,6-7,9-10,12-13H2,(H,21,25). The van der Waals surface area contributed by atoms with Gasteiger partial charge in [0.2, 0.25) is 5.82 Å². The lowest BCUT2D eigenvalue weighted by molar-refractivity contribution is 0.0711. The van der Waals surface area contributed by atoms with Gasteiger partial charge >= 0.3 is 0 Å². The SMILES string of the molecule is O=C(NC1CCCCC1)c1nc(C(=O)N2CCCCC2)n2ccccc12. The molecule has 1 aliphatic heterocycles. The zero-order chi connectivity index (χ0) is 17.9. The minimum absolute atomic E-state index is 0.0809. The summed E-state index contributed by atoms with van der Waals surface area (Å²) in [5, 5.41) is 3.12. The first-order chi connectivity index (χ1) is 12.7. The van der Waals surface area contributed by atoms with Crippen molar-refractivity contribution >= 4 is 17.3 Å². The Morgan fingerprint density at radius 3 is 2.50 bits per heavy atom. The summed E-state index contributed by atoms with van der Waals surface area (Å²) in [7, 11) is 0. The molecule has 6 heteroatoms. The van der Waals surface area contributed by atoms with E-state index in [0.29, 0.717) is 17.0 Å². The maximum Gasteiger partial charge on any atom is 0.290 e. The van der Waals surface area contributed by atoms with Crippen LogP contribution in [0, 0.1) is 0 Å². The molecule has 0 aromatic carbocycles. The van der Waals surface area contributed by atoms with Crippen LogP contribution in [0.15, 0.2) is 24.4 Å². The normalized spacial score (nSPS) is 18.8. The zero-order valence-electron chi connectivity index (χ0n) is 15.1. The minimum atomic E-state index is -0.168. The molecule has 138 valence electrons. The van der Waals surface area contributed by atoms with E-state index in [0.717, 1.165) is 51.6 Å². The van der Waals surface area contributed by atoms with Crippen molar-refractivity contribution in [2.45, 2.75) is 57.4 Å². The van der Waals surface area contributed by atoms with Gasteiger partial charge in [-0.2, -0.15) is 0 Å². The van der Waals surface area contributed by atoms with Crippen molar-refractivity contribution in [3.63, 3.8) is 0 Å². The molecule has 0 radical (unpaired) electrons. The third-order valence-corrected chi connectivity index (χ3v) is 5.54. The number of imidazole rings is 1. The Bertz CT molecular complexity index is 801. The van der Waals surface area contributed by atoms with Gasteiger partial charge in [0.15, 0.2) is 5.69 Å². The molecule has 1 saturated carbocycles. The lowest BCUT2D eigenvalue weighted by atomic mass is 9.95. The van der Waals surface area contributed by atoms with Gasteiger partial charge in [-0.05, 0) is 44.2 Å². The summed E-state index contributed by atoms with van der Waals surface area (Å²) in [6, 6.07) is 5.82. The van der Waals surface area contributed by atoms with Crippen LogP contribution in [0.25, 0.3) is 5.52 Å². The molecule has 2 aromatic rings. The number of carbonyl (C=O) groups is 2. The molecule has 2 aliphatic rings. The van der Waals surface area contributed by atoms with Crippen molar-refractivity contribution in [1.29, 1.82) is 0 Å². The number of hydrogen-bond donors (Lipinski definition) is 1. The number of hydrogen-bond acceptors (Lipinski definition) is 3. The molecule has 1 aliphatic carbocycles. The second kappa shape index (κ2) is 7.48. The molecule has 2 amide bonds. The van der Waals surface area contributed by atoms with Gasteiger partial charge < -0.3 is 10.2 Å². The molecule has 0 spiro atoms. The van der Waals surface area contributed by atoms with E-state index in [1.165, 1.54) is 12.8 Å². The van der Waals surface area contributed by atoms with Gasteiger partial charge in [0.1, 0.15) is 0 Å². The molecule has 0 bridgehead atoms. The number of nitrogens with zero attached hydrogens (tertiary/aromatic N) is 3. The maximum atomic E-state index is 13.0. The van der Waals surface area contributed by atoms with Gasteiger partial charge in [-0.3, -0.25) is 14.0 Å². The van der Waals surface area contributed by atoms with Crippen LogP contribution in [0.3, 0.4) is 0 Å². The van der Waals surface area contributed by atoms with Crippen molar-refractivity contribution in [2.75, 3.05) is 13.1 Å². The first-order valence-electron chi connectivity index (χ1n) is 9.81. The Morgan fingerprint density at radius 2 is 1.73 bits per heavy atom. The summed E-state index contributed by atoms with van der Waals surface area (Å²) >= 11 is 0. The Labute approximate surface area is 153 Å². The Balaban J connectivity index is 1.62. The summed E-state index contributed by atoms with van der Waals surface area (Å²) in [5.74, 6) is 0.0946. The second-order valence-corrected chi connectivity index (χ2v) is 7.40. The average Bonchev–Trinajstić information content (AvgIpc) is 3.09. The van der Waals surface area contributed by atoms with Crippen LogP contribution in [0.1, 0.15) is 72.5 Å². The van der Waals surface area contributed by atoms with Gasteiger partial charge in [-0.25, -0.2) is 4.98 Å². The van der Waals surface area contributed by atoms with Gasteiger partial charge in [-0.15, -0.1) is 0 Å². The van der Waals surface area contributed by atoms with E-state index in [9.17, 15) is 9.59 Å². The van der Waals surface area contributed by atoms with Gasteiger partial charge in [0, 0.05) is 25.3 Å². The van der Waals surface area contributed by atoms with Gasteiger partial charge in [0.05, 0.1) is 5.52 Å². The molecule has 26 heavy (non-hydrogen) atoms. The maximum absolute atomic E-state index is 13.0. The molecule has 1 N–H and O–H groups in total. The molecular weight excluding hydrogens is 328 g/mol. The van der Waals surface area contributed by atoms with Crippen LogP contribution < -0.4 is 5.32 Å². The summed E-state index contributed by atoms with van der Waals surface area (Å²) in [5.41, 5.74) is 1.05. The van der Waals surface area contributed by atoms with E-state index in [4.69, 9.17) is 0 Å². The first-order valence-corrected chi connectivity index (χ1v) is 9.81. The van der Waals surface area contributed by atoms with Crippen LogP contribution in [0.2, 0.25) is 0 Å². The number of pyridine rings is 1. The fourth-order valence-electron chi connectivity index (χ4n) is 4.09. The van der Waals surface area contributed by atoms with Crippen LogP contribution in [0.5, 0.6) is 0 Å². The predicted molar refractivity (Wildman–Crippen MR) is 99.3 cm³/mol. The van der Waals surface area contributed by atoms with Gasteiger partial charge in [0.25, 0.3) is 11.8 Å². The van der Waals surface area contributed by atoms with Crippen LogP contribution in [-0.2, 0) is 0 Å². The highest BCUT2D eigenvalue weighted by atomic mass is 16.2. The molecule has 3 heterocycles. The second-order valence-electron chi connectivity index (χ2n) is 7.40. The fraction of sp³-hybridized carbons (Fsp3) is 0.550.